The second-order valence-corrected chi connectivity index (χ2v) is 3.05. The zero-order valence-electron chi connectivity index (χ0n) is 7.41. The zero-order chi connectivity index (χ0) is 10.8. The van der Waals surface area contributed by atoms with Crippen LogP contribution in [0.25, 0.3) is 0 Å². The Labute approximate surface area is 77.9 Å². The highest BCUT2D eigenvalue weighted by molar-refractivity contribution is 4.88. The molecule has 1 unspecified atom stereocenters. The maximum Gasteiger partial charge on any atom is 0.391 e. The number of nitrogens with zero attached hydrogens (tertiary/aromatic N) is 3. The molecule has 0 bridgehead atoms. The van der Waals surface area contributed by atoms with E-state index in [1.165, 1.54) is 0 Å². The van der Waals surface area contributed by atoms with Crippen molar-refractivity contribution in [3.63, 3.8) is 0 Å². The molecule has 0 spiro atoms. The summed E-state index contributed by atoms with van der Waals surface area (Å²) in [6.45, 7) is 1.07. The predicted octanol–water partition coefficient (Wildman–Crippen LogP) is 0.788. The topological polar surface area (TPSA) is 80.5 Å². The number of halogens is 3. The molecule has 0 aliphatic rings. The zero-order valence-corrected chi connectivity index (χ0v) is 7.41. The number of rotatable bonds is 3. The Balaban J connectivity index is 2.53. The highest BCUT2D eigenvalue weighted by Crippen LogP contribution is 2.31. The average molecular weight is 209 g/mol. The third kappa shape index (κ3) is 2.66. The number of aromatic amines is 1. The van der Waals surface area contributed by atoms with Crippen LogP contribution >= 0.6 is 0 Å². The fourth-order valence-electron chi connectivity index (χ4n) is 0.947. The maximum atomic E-state index is 12.1. The van der Waals surface area contributed by atoms with Gasteiger partial charge in [-0.2, -0.15) is 18.4 Å². The molecule has 5 nitrogen and oxygen atoms in total. The van der Waals surface area contributed by atoms with E-state index in [0.717, 1.165) is 6.92 Å². The summed E-state index contributed by atoms with van der Waals surface area (Å²) in [7, 11) is 0. The highest BCUT2D eigenvalue weighted by atomic mass is 19.4. The van der Waals surface area contributed by atoms with E-state index in [-0.39, 0.29) is 12.2 Å². The molecule has 0 saturated heterocycles. The van der Waals surface area contributed by atoms with Crippen molar-refractivity contribution in [3.8, 4) is 0 Å². The number of hydrogen-bond donors (Lipinski definition) is 2. The number of hydrogen-bond acceptors (Lipinski definition) is 4. The van der Waals surface area contributed by atoms with Gasteiger partial charge in [0.1, 0.15) is 0 Å². The third-order valence-corrected chi connectivity index (χ3v) is 1.86. The third-order valence-electron chi connectivity index (χ3n) is 1.86. The Morgan fingerprint density at radius 3 is 2.57 bits per heavy atom. The van der Waals surface area contributed by atoms with E-state index in [9.17, 15) is 13.2 Å². The summed E-state index contributed by atoms with van der Waals surface area (Å²) in [5, 5.41) is 12.4. The minimum atomic E-state index is -4.23. The minimum absolute atomic E-state index is 0.0982. The lowest BCUT2D eigenvalue weighted by molar-refractivity contribution is -0.172. The highest BCUT2D eigenvalue weighted by Gasteiger charge is 2.37. The van der Waals surface area contributed by atoms with Crippen molar-refractivity contribution >= 4 is 0 Å². The molecule has 1 heterocycles. The van der Waals surface area contributed by atoms with Crippen LogP contribution in [0.4, 0.5) is 13.2 Å². The molecule has 0 aliphatic heterocycles. The number of aromatic nitrogens is 4. The standard InChI is InChI=1S/C6H10F3N5/c1-3(6(7,8)9)2-4(10)5-11-13-14-12-5/h3-4H,2,10H2,1H3,(H,11,12,13,14)/t3?,4-/m0/s1. The first kappa shape index (κ1) is 10.9. The molecular weight excluding hydrogens is 199 g/mol. The molecule has 0 aromatic carbocycles. The summed E-state index contributed by atoms with van der Waals surface area (Å²) in [5.74, 6) is -1.38. The van der Waals surface area contributed by atoms with E-state index in [0.29, 0.717) is 0 Å². The van der Waals surface area contributed by atoms with Crippen molar-refractivity contribution < 1.29 is 13.2 Å². The van der Waals surface area contributed by atoms with Gasteiger partial charge in [-0.15, -0.1) is 10.2 Å². The SMILES string of the molecule is CC(C[C@H](N)c1nn[nH]n1)C(F)(F)F. The lowest BCUT2D eigenvalue weighted by Gasteiger charge is -2.17. The van der Waals surface area contributed by atoms with Crippen LogP contribution in [0.3, 0.4) is 0 Å². The molecule has 8 heteroatoms. The molecule has 80 valence electrons. The molecule has 0 fully saturated rings. The first-order valence-corrected chi connectivity index (χ1v) is 3.97. The number of alkyl halides is 3. The molecule has 0 saturated carbocycles. The van der Waals surface area contributed by atoms with Crippen molar-refractivity contribution in [1.29, 1.82) is 0 Å². The van der Waals surface area contributed by atoms with E-state index in [4.69, 9.17) is 5.73 Å². The quantitative estimate of drug-likeness (QED) is 0.771. The summed E-state index contributed by atoms with van der Waals surface area (Å²) in [4.78, 5) is 0. The van der Waals surface area contributed by atoms with E-state index in [1.807, 2.05) is 0 Å². The fourth-order valence-corrected chi connectivity index (χ4v) is 0.947. The smallest absolute Gasteiger partial charge is 0.321 e. The summed E-state index contributed by atoms with van der Waals surface area (Å²) >= 11 is 0. The van der Waals surface area contributed by atoms with E-state index in [2.05, 4.69) is 20.6 Å². The molecule has 14 heavy (non-hydrogen) atoms. The Bertz CT molecular complexity index is 269. The van der Waals surface area contributed by atoms with E-state index < -0.39 is 18.1 Å². The van der Waals surface area contributed by atoms with Gasteiger partial charge in [0.15, 0.2) is 5.82 Å². The summed E-state index contributed by atoms with van der Waals surface area (Å²) in [6.07, 6.45) is -4.48. The van der Waals surface area contributed by atoms with Crippen LogP contribution in [0.5, 0.6) is 0 Å². The van der Waals surface area contributed by atoms with Crippen molar-refractivity contribution in [1.82, 2.24) is 20.6 Å². The van der Waals surface area contributed by atoms with Crippen LogP contribution in [-0.2, 0) is 0 Å². The molecule has 1 rings (SSSR count). The van der Waals surface area contributed by atoms with Gasteiger partial charge in [0, 0.05) is 0 Å². The Kier molecular flexibility index (Phi) is 3.04. The van der Waals surface area contributed by atoms with Crippen LogP contribution in [0.2, 0.25) is 0 Å². The van der Waals surface area contributed by atoms with Crippen LogP contribution in [0.15, 0.2) is 0 Å². The lowest BCUT2D eigenvalue weighted by atomic mass is 10.0. The number of nitrogens with one attached hydrogen (secondary N) is 1. The van der Waals surface area contributed by atoms with Crippen molar-refractivity contribution in [3.05, 3.63) is 5.82 Å². The number of nitrogens with two attached hydrogens (primary N) is 1. The van der Waals surface area contributed by atoms with Gasteiger partial charge in [-0.25, -0.2) is 0 Å². The molecule has 1 aromatic rings. The second kappa shape index (κ2) is 3.91. The van der Waals surface area contributed by atoms with Gasteiger partial charge in [0.2, 0.25) is 0 Å². The van der Waals surface area contributed by atoms with E-state index in [1.54, 1.807) is 0 Å². The monoisotopic (exact) mass is 209 g/mol. The fraction of sp³-hybridized carbons (Fsp3) is 0.833. The molecule has 0 aliphatic carbocycles. The minimum Gasteiger partial charge on any atom is -0.321 e. The van der Waals surface area contributed by atoms with E-state index >= 15 is 0 Å². The molecule has 1 aromatic heterocycles. The summed E-state index contributed by atoms with van der Waals surface area (Å²) in [5.41, 5.74) is 5.45. The number of H-pyrrole nitrogens is 1. The maximum absolute atomic E-state index is 12.1. The first-order chi connectivity index (χ1) is 6.41. The van der Waals surface area contributed by atoms with Gasteiger partial charge in [-0.05, 0) is 6.42 Å². The van der Waals surface area contributed by atoms with Gasteiger partial charge in [0.05, 0.1) is 12.0 Å². The molecule has 2 atom stereocenters. The van der Waals surface area contributed by atoms with Crippen molar-refractivity contribution in [2.75, 3.05) is 0 Å². The Morgan fingerprint density at radius 1 is 1.50 bits per heavy atom. The van der Waals surface area contributed by atoms with Gasteiger partial charge in [-0.3, -0.25) is 0 Å². The molecule has 0 radical (unpaired) electrons. The Morgan fingerprint density at radius 2 is 2.14 bits per heavy atom. The normalized spacial score (nSPS) is 16.6. The van der Waals surface area contributed by atoms with Gasteiger partial charge in [-0.1, -0.05) is 12.1 Å². The largest absolute Gasteiger partial charge is 0.391 e. The van der Waals surface area contributed by atoms with Gasteiger partial charge < -0.3 is 5.73 Å². The average Bonchev–Trinajstić information content (AvgIpc) is 2.53. The van der Waals surface area contributed by atoms with Crippen LogP contribution in [-0.4, -0.2) is 26.8 Å². The van der Waals surface area contributed by atoms with Crippen LogP contribution < -0.4 is 5.73 Å². The van der Waals surface area contributed by atoms with Crippen LogP contribution in [0, 0.1) is 5.92 Å². The second-order valence-electron chi connectivity index (χ2n) is 3.05. The molecule has 3 N–H and O–H groups in total. The van der Waals surface area contributed by atoms with Gasteiger partial charge in [0.25, 0.3) is 0 Å². The number of tetrazole rings is 1. The van der Waals surface area contributed by atoms with Crippen molar-refractivity contribution in [2.24, 2.45) is 11.7 Å². The lowest BCUT2D eigenvalue weighted by Crippen LogP contribution is -2.25. The first-order valence-electron chi connectivity index (χ1n) is 3.97. The predicted molar refractivity (Wildman–Crippen MR) is 40.9 cm³/mol. The van der Waals surface area contributed by atoms with Crippen molar-refractivity contribution in [2.45, 2.75) is 25.6 Å². The summed E-state index contributed by atoms with van der Waals surface area (Å²) < 4.78 is 36.4. The van der Waals surface area contributed by atoms with Crippen LogP contribution in [0.1, 0.15) is 25.2 Å². The molecule has 0 amide bonds. The van der Waals surface area contributed by atoms with Gasteiger partial charge >= 0.3 is 6.18 Å². The molecular formula is C6H10F3N5. The Hall–Kier alpha value is -1.18. The summed E-state index contributed by atoms with van der Waals surface area (Å²) in [6, 6.07) is -0.842.